The zero-order valence-electron chi connectivity index (χ0n) is 20.2. The molecule has 0 aliphatic carbocycles. The van der Waals surface area contributed by atoms with Gasteiger partial charge in [-0.15, -0.1) is 0 Å². The summed E-state index contributed by atoms with van der Waals surface area (Å²) in [5, 5.41) is 7.54. The molecule has 0 unspecified atom stereocenters. The molecular weight excluding hydrogens is 581 g/mol. The summed E-state index contributed by atoms with van der Waals surface area (Å²) in [5.41, 5.74) is 4.14. The van der Waals surface area contributed by atoms with E-state index in [0.29, 0.717) is 23.1 Å². The van der Waals surface area contributed by atoms with E-state index in [9.17, 15) is 9.59 Å². The Morgan fingerprint density at radius 2 is 1.76 bits per heavy atom. The van der Waals surface area contributed by atoms with Gasteiger partial charge in [-0.2, -0.15) is 5.10 Å². The van der Waals surface area contributed by atoms with Crippen molar-refractivity contribution in [1.29, 1.82) is 0 Å². The molecule has 0 fully saturated rings. The molecule has 10 heteroatoms. The maximum absolute atomic E-state index is 13.0. The maximum atomic E-state index is 13.0. The van der Waals surface area contributed by atoms with Crippen molar-refractivity contribution in [2.45, 2.75) is 32.4 Å². The first-order valence-corrected chi connectivity index (χ1v) is 13.0. The van der Waals surface area contributed by atoms with Gasteiger partial charge in [0.25, 0.3) is 11.8 Å². The van der Waals surface area contributed by atoms with E-state index in [1.165, 1.54) is 12.3 Å². The van der Waals surface area contributed by atoms with Gasteiger partial charge in [-0.1, -0.05) is 53.5 Å². The fraction of sp³-hybridized carbons (Fsp3) is 0.222. The number of hydrogen-bond donors (Lipinski definition) is 2. The smallest absolute Gasteiger partial charge is 0.262 e. The summed E-state index contributed by atoms with van der Waals surface area (Å²) >= 11 is 15.5. The number of ether oxygens (including phenoxy) is 2. The third-order valence-corrected chi connectivity index (χ3v) is 6.28. The number of amides is 2. The van der Waals surface area contributed by atoms with Crippen molar-refractivity contribution < 1.29 is 19.1 Å². The Labute approximate surface area is 234 Å². The van der Waals surface area contributed by atoms with Crippen LogP contribution in [-0.2, 0) is 16.0 Å². The van der Waals surface area contributed by atoms with Crippen LogP contribution in [0.4, 0.5) is 0 Å². The second-order valence-electron chi connectivity index (χ2n) is 7.94. The van der Waals surface area contributed by atoms with Crippen LogP contribution < -0.4 is 20.2 Å². The highest BCUT2D eigenvalue weighted by Crippen LogP contribution is 2.28. The lowest BCUT2D eigenvalue weighted by atomic mass is 10.1. The first kappa shape index (κ1) is 28.5. The average molecular weight is 607 g/mol. The number of benzene rings is 3. The number of hydrazone groups is 1. The molecule has 194 valence electrons. The number of hydrogen-bond acceptors (Lipinski definition) is 5. The molecule has 3 aromatic rings. The summed E-state index contributed by atoms with van der Waals surface area (Å²) in [6.45, 7) is 4.02. The number of nitrogens with zero attached hydrogens (tertiary/aromatic N) is 1. The number of rotatable bonds is 11. The molecule has 37 heavy (non-hydrogen) atoms. The SMILES string of the molecule is CCOc1ccc(/C=N\NC(=O)[C@@H](Cc2ccccc2)NC(=O)[C@H](C)Oc2ccc(Cl)cc2Cl)cc1Br. The molecule has 0 saturated heterocycles. The zero-order chi connectivity index (χ0) is 26.8. The van der Waals surface area contributed by atoms with Crippen LogP contribution >= 0.6 is 39.1 Å². The summed E-state index contributed by atoms with van der Waals surface area (Å²) in [4.78, 5) is 25.9. The Morgan fingerprint density at radius 3 is 2.43 bits per heavy atom. The van der Waals surface area contributed by atoms with Crippen molar-refractivity contribution in [3.63, 3.8) is 0 Å². The molecular formula is C27H26BrCl2N3O4. The molecule has 0 spiro atoms. The molecule has 2 atom stereocenters. The van der Waals surface area contributed by atoms with Crippen molar-refractivity contribution in [3.05, 3.63) is 92.4 Å². The molecule has 0 saturated carbocycles. The lowest BCUT2D eigenvalue weighted by Crippen LogP contribution is -2.50. The number of halogens is 3. The van der Waals surface area contributed by atoms with E-state index in [1.54, 1.807) is 19.1 Å². The molecule has 0 radical (unpaired) electrons. The van der Waals surface area contributed by atoms with Crippen LogP contribution in [0.2, 0.25) is 10.0 Å². The molecule has 7 nitrogen and oxygen atoms in total. The van der Waals surface area contributed by atoms with Gasteiger partial charge in [0, 0.05) is 11.4 Å². The molecule has 0 aliphatic rings. The van der Waals surface area contributed by atoms with Gasteiger partial charge in [0.05, 0.1) is 22.3 Å². The lowest BCUT2D eigenvalue weighted by molar-refractivity contribution is -0.132. The molecule has 0 aromatic heterocycles. The Balaban J connectivity index is 1.68. The molecule has 2 amide bonds. The summed E-state index contributed by atoms with van der Waals surface area (Å²) in [6, 6.07) is 18.6. The van der Waals surface area contributed by atoms with E-state index in [0.717, 1.165) is 15.6 Å². The van der Waals surface area contributed by atoms with Gasteiger partial charge in [0.1, 0.15) is 17.5 Å². The Hall–Kier alpha value is -3.07. The standard InChI is InChI=1S/C27H26BrCl2N3O4/c1-3-36-24-11-9-19(13-21(24)28)16-31-33-27(35)23(14-18-7-5-4-6-8-18)32-26(34)17(2)37-25-12-10-20(29)15-22(25)30/h4-13,15-17,23H,3,14H2,1-2H3,(H,32,34)(H,33,35)/b31-16-/t17-,23+/m0/s1. The molecule has 0 bridgehead atoms. The van der Waals surface area contributed by atoms with E-state index in [2.05, 4.69) is 31.8 Å². The largest absolute Gasteiger partial charge is 0.493 e. The third-order valence-electron chi connectivity index (χ3n) is 5.13. The summed E-state index contributed by atoms with van der Waals surface area (Å²) in [5.74, 6) is 0.0612. The van der Waals surface area contributed by atoms with Gasteiger partial charge in [0.2, 0.25) is 0 Å². The Kier molecular flexibility index (Phi) is 10.8. The van der Waals surface area contributed by atoms with Crippen LogP contribution in [0.1, 0.15) is 25.0 Å². The highest BCUT2D eigenvalue weighted by molar-refractivity contribution is 9.10. The fourth-order valence-corrected chi connectivity index (χ4v) is 4.25. The number of nitrogens with one attached hydrogen (secondary N) is 2. The second kappa shape index (κ2) is 14.0. The quantitative estimate of drug-likeness (QED) is 0.213. The van der Waals surface area contributed by atoms with E-state index >= 15 is 0 Å². The monoisotopic (exact) mass is 605 g/mol. The molecule has 0 aliphatic heterocycles. The lowest BCUT2D eigenvalue weighted by Gasteiger charge is -2.21. The van der Waals surface area contributed by atoms with Crippen LogP contribution in [0, 0.1) is 0 Å². The molecule has 3 rings (SSSR count). The predicted molar refractivity (Wildman–Crippen MR) is 150 cm³/mol. The summed E-state index contributed by atoms with van der Waals surface area (Å²) < 4.78 is 12.0. The van der Waals surface area contributed by atoms with Gasteiger partial charge in [-0.25, -0.2) is 5.43 Å². The summed E-state index contributed by atoms with van der Waals surface area (Å²) in [7, 11) is 0. The van der Waals surface area contributed by atoms with Crippen LogP contribution in [0.15, 0.2) is 76.3 Å². The van der Waals surface area contributed by atoms with E-state index in [4.69, 9.17) is 32.7 Å². The van der Waals surface area contributed by atoms with Gasteiger partial charge >= 0.3 is 0 Å². The second-order valence-corrected chi connectivity index (χ2v) is 9.64. The minimum absolute atomic E-state index is 0.261. The predicted octanol–water partition coefficient (Wildman–Crippen LogP) is 5.80. The van der Waals surface area contributed by atoms with E-state index < -0.39 is 24.0 Å². The summed E-state index contributed by atoms with van der Waals surface area (Å²) in [6.07, 6.45) is 0.847. The average Bonchev–Trinajstić information content (AvgIpc) is 2.87. The molecule has 0 heterocycles. The van der Waals surface area contributed by atoms with E-state index in [-0.39, 0.29) is 11.4 Å². The molecule has 2 N–H and O–H groups in total. The highest BCUT2D eigenvalue weighted by Gasteiger charge is 2.25. The Morgan fingerprint density at radius 1 is 1.03 bits per heavy atom. The normalized spacial score (nSPS) is 12.6. The minimum atomic E-state index is -0.922. The van der Waals surface area contributed by atoms with Crippen LogP contribution in [-0.4, -0.2) is 36.8 Å². The van der Waals surface area contributed by atoms with E-state index in [1.807, 2.05) is 55.5 Å². The topological polar surface area (TPSA) is 89.0 Å². The number of carbonyl (C=O) groups is 2. The highest BCUT2D eigenvalue weighted by atomic mass is 79.9. The van der Waals surface area contributed by atoms with Crippen molar-refractivity contribution in [2.24, 2.45) is 5.10 Å². The van der Waals surface area contributed by atoms with Gasteiger partial charge in [-0.3, -0.25) is 9.59 Å². The number of carbonyl (C=O) groups excluding carboxylic acids is 2. The maximum Gasteiger partial charge on any atom is 0.262 e. The van der Waals surface area contributed by atoms with Crippen molar-refractivity contribution in [2.75, 3.05) is 6.61 Å². The van der Waals surface area contributed by atoms with Crippen LogP contribution in [0.25, 0.3) is 0 Å². The molecule has 3 aromatic carbocycles. The van der Waals surface area contributed by atoms with Gasteiger partial charge in [-0.05, 0) is 77.3 Å². The van der Waals surface area contributed by atoms with Crippen molar-refractivity contribution in [3.8, 4) is 11.5 Å². The minimum Gasteiger partial charge on any atom is -0.493 e. The third kappa shape index (κ3) is 8.77. The zero-order valence-corrected chi connectivity index (χ0v) is 23.3. The van der Waals surface area contributed by atoms with Crippen LogP contribution in [0.3, 0.4) is 0 Å². The van der Waals surface area contributed by atoms with Gasteiger partial charge < -0.3 is 14.8 Å². The van der Waals surface area contributed by atoms with Gasteiger partial charge in [0.15, 0.2) is 6.10 Å². The van der Waals surface area contributed by atoms with Crippen molar-refractivity contribution in [1.82, 2.24) is 10.7 Å². The fourth-order valence-electron chi connectivity index (χ4n) is 3.28. The van der Waals surface area contributed by atoms with Crippen molar-refractivity contribution >= 4 is 57.2 Å². The van der Waals surface area contributed by atoms with Crippen LogP contribution in [0.5, 0.6) is 11.5 Å². The Bertz CT molecular complexity index is 1260. The first-order chi connectivity index (χ1) is 17.8. The first-order valence-electron chi connectivity index (χ1n) is 11.5.